The van der Waals surface area contributed by atoms with Crippen LogP contribution in [0, 0.1) is 17.3 Å². The molecule has 0 bridgehead atoms. The second-order valence-electron chi connectivity index (χ2n) is 8.37. The molecule has 1 spiro atoms. The smallest absolute Gasteiger partial charge is 0.329 e. The standard InChI is InChI=1S/C20H25NO4/c1-12-9-13(2)16-20(17(22)24-19(3,4)25-18(20)23)10-14-7-5-6-8-15(14)21(16)11-12/h5-8,12-13,16H,9-11H2,1-4H3/t12-,13+,16+/m1/s1. The normalized spacial score (nSPS) is 32.5. The van der Waals surface area contributed by atoms with Crippen LogP contribution in [-0.4, -0.2) is 30.3 Å². The number of cyclic esters (lactones) is 2. The summed E-state index contributed by atoms with van der Waals surface area (Å²) in [4.78, 5) is 28.5. The second kappa shape index (κ2) is 5.23. The molecule has 0 saturated carbocycles. The minimum absolute atomic E-state index is 0.193. The molecule has 3 aliphatic rings. The number of hydrogen-bond donors (Lipinski definition) is 0. The van der Waals surface area contributed by atoms with E-state index < -0.39 is 23.1 Å². The lowest BCUT2D eigenvalue weighted by Gasteiger charge is -2.56. The highest BCUT2D eigenvalue weighted by molar-refractivity contribution is 6.04. The molecule has 5 heteroatoms. The van der Waals surface area contributed by atoms with Gasteiger partial charge in [0, 0.05) is 32.5 Å². The first kappa shape index (κ1) is 16.4. The first-order valence-corrected chi connectivity index (χ1v) is 9.06. The van der Waals surface area contributed by atoms with Crippen LogP contribution in [0.1, 0.15) is 39.7 Å². The lowest BCUT2D eigenvalue weighted by molar-refractivity contribution is -0.254. The van der Waals surface area contributed by atoms with Crippen molar-refractivity contribution in [2.24, 2.45) is 17.3 Å². The van der Waals surface area contributed by atoms with Crippen molar-refractivity contribution in [2.45, 2.75) is 52.4 Å². The van der Waals surface area contributed by atoms with Gasteiger partial charge in [-0.1, -0.05) is 32.0 Å². The summed E-state index contributed by atoms with van der Waals surface area (Å²) in [6.45, 7) is 8.39. The second-order valence-corrected chi connectivity index (χ2v) is 8.37. The van der Waals surface area contributed by atoms with Gasteiger partial charge in [0.1, 0.15) is 0 Å². The third-order valence-electron chi connectivity index (χ3n) is 5.84. The zero-order chi connectivity index (χ0) is 18.0. The summed E-state index contributed by atoms with van der Waals surface area (Å²) in [5.74, 6) is -1.40. The molecule has 0 N–H and O–H groups in total. The topological polar surface area (TPSA) is 55.8 Å². The van der Waals surface area contributed by atoms with Crippen LogP contribution in [0.2, 0.25) is 0 Å². The van der Waals surface area contributed by atoms with Gasteiger partial charge >= 0.3 is 11.9 Å². The van der Waals surface area contributed by atoms with Crippen molar-refractivity contribution in [3.8, 4) is 0 Å². The summed E-state index contributed by atoms with van der Waals surface area (Å²) >= 11 is 0. The molecule has 0 aromatic heterocycles. The van der Waals surface area contributed by atoms with Crippen molar-refractivity contribution in [1.29, 1.82) is 0 Å². The molecule has 0 radical (unpaired) electrons. The zero-order valence-corrected chi connectivity index (χ0v) is 15.2. The van der Waals surface area contributed by atoms with E-state index in [4.69, 9.17) is 9.47 Å². The van der Waals surface area contributed by atoms with Gasteiger partial charge in [0.15, 0.2) is 5.41 Å². The quantitative estimate of drug-likeness (QED) is 0.535. The summed E-state index contributed by atoms with van der Waals surface area (Å²) < 4.78 is 11.1. The van der Waals surface area contributed by atoms with E-state index in [-0.39, 0.29) is 12.0 Å². The zero-order valence-electron chi connectivity index (χ0n) is 15.2. The highest BCUT2D eigenvalue weighted by atomic mass is 16.7. The van der Waals surface area contributed by atoms with E-state index in [9.17, 15) is 9.59 Å². The Labute approximate surface area is 148 Å². The third-order valence-corrected chi connectivity index (χ3v) is 5.84. The average molecular weight is 343 g/mol. The molecule has 0 aliphatic carbocycles. The Bertz CT molecular complexity index is 721. The van der Waals surface area contributed by atoms with Crippen LogP contribution in [-0.2, 0) is 25.5 Å². The third kappa shape index (κ3) is 2.28. The van der Waals surface area contributed by atoms with Crippen molar-refractivity contribution in [3.63, 3.8) is 0 Å². The number of hydrogen-bond acceptors (Lipinski definition) is 5. The van der Waals surface area contributed by atoms with Gasteiger partial charge in [0.25, 0.3) is 5.79 Å². The summed E-state index contributed by atoms with van der Waals surface area (Å²) in [5, 5.41) is 0. The van der Waals surface area contributed by atoms with Crippen LogP contribution in [0.25, 0.3) is 0 Å². The van der Waals surface area contributed by atoms with Gasteiger partial charge < -0.3 is 14.4 Å². The number of ether oxygens (including phenoxy) is 2. The van der Waals surface area contributed by atoms with Gasteiger partial charge in [-0.25, -0.2) is 0 Å². The highest BCUT2D eigenvalue weighted by Gasteiger charge is 2.65. The predicted molar refractivity (Wildman–Crippen MR) is 92.9 cm³/mol. The number of benzene rings is 1. The lowest BCUT2D eigenvalue weighted by atomic mass is 9.63. The summed E-state index contributed by atoms with van der Waals surface area (Å²) in [7, 11) is 0. The average Bonchev–Trinajstić information content (AvgIpc) is 2.51. The van der Waals surface area contributed by atoms with Gasteiger partial charge in [-0.3, -0.25) is 9.59 Å². The predicted octanol–water partition coefficient (Wildman–Crippen LogP) is 2.92. The minimum Gasteiger partial charge on any atom is -0.422 e. The molecule has 1 aromatic rings. The molecule has 0 unspecified atom stereocenters. The molecule has 3 aliphatic heterocycles. The van der Waals surface area contributed by atoms with Crippen molar-refractivity contribution < 1.29 is 19.1 Å². The molecule has 134 valence electrons. The van der Waals surface area contributed by atoms with Crippen LogP contribution < -0.4 is 4.90 Å². The number of esters is 2. The van der Waals surface area contributed by atoms with Gasteiger partial charge in [-0.2, -0.15) is 0 Å². The first-order valence-electron chi connectivity index (χ1n) is 9.06. The van der Waals surface area contributed by atoms with E-state index in [1.807, 2.05) is 18.2 Å². The Balaban J connectivity index is 1.89. The van der Waals surface area contributed by atoms with Gasteiger partial charge in [-0.05, 0) is 29.9 Å². The van der Waals surface area contributed by atoms with Crippen LogP contribution >= 0.6 is 0 Å². The summed E-state index contributed by atoms with van der Waals surface area (Å²) in [6.07, 6.45) is 1.33. The monoisotopic (exact) mass is 343 g/mol. The molecule has 1 aromatic carbocycles. The Morgan fingerprint density at radius 2 is 1.72 bits per heavy atom. The fourth-order valence-corrected chi connectivity index (χ4v) is 5.06. The van der Waals surface area contributed by atoms with Crippen molar-refractivity contribution >= 4 is 17.6 Å². The molecular weight excluding hydrogens is 318 g/mol. The van der Waals surface area contributed by atoms with Crippen LogP contribution in [0.5, 0.6) is 0 Å². The van der Waals surface area contributed by atoms with Gasteiger partial charge in [0.05, 0.1) is 6.04 Å². The Kier molecular flexibility index (Phi) is 3.44. The number of carbonyl (C=O) groups is 2. The highest BCUT2D eigenvalue weighted by Crippen LogP contribution is 2.51. The van der Waals surface area contributed by atoms with Gasteiger partial charge in [0.2, 0.25) is 0 Å². The lowest BCUT2D eigenvalue weighted by Crippen LogP contribution is -2.69. The van der Waals surface area contributed by atoms with Gasteiger partial charge in [-0.15, -0.1) is 0 Å². The number of piperidine rings is 1. The maximum Gasteiger partial charge on any atom is 0.329 e. The molecule has 4 rings (SSSR count). The number of carbonyl (C=O) groups excluding carboxylic acids is 2. The Morgan fingerprint density at radius 3 is 2.40 bits per heavy atom. The Hall–Kier alpha value is -2.04. The minimum atomic E-state index is -1.27. The van der Waals surface area contributed by atoms with E-state index in [0.29, 0.717) is 12.3 Å². The van der Waals surface area contributed by atoms with Crippen molar-refractivity contribution in [3.05, 3.63) is 29.8 Å². The number of fused-ring (bicyclic) bond motifs is 4. The van der Waals surface area contributed by atoms with Crippen LogP contribution in [0.4, 0.5) is 5.69 Å². The number of rotatable bonds is 0. The van der Waals surface area contributed by atoms with Crippen molar-refractivity contribution in [2.75, 3.05) is 11.4 Å². The van der Waals surface area contributed by atoms with Crippen LogP contribution in [0.15, 0.2) is 24.3 Å². The SMILES string of the molecule is C[C@@H]1C[C@H](C)[C@@H]2N(C1)c1ccccc1CC21C(=O)OC(C)(C)OC1=O. The van der Waals surface area contributed by atoms with E-state index in [1.165, 1.54) is 0 Å². The molecule has 3 heterocycles. The molecule has 3 atom stereocenters. The van der Waals surface area contributed by atoms with E-state index in [1.54, 1.807) is 13.8 Å². The van der Waals surface area contributed by atoms with E-state index in [2.05, 4.69) is 24.8 Å². The molecule has 5 nitrogen and oxygen atoms in total. The number of anilines is 1. The molecule has 25 heavy (non-hydrogen) atoms. The molecule has 2 saturated heterocycles. The Morgan fingerprint density at radius 1 is 1.08 bits per heavy atom. The first-order chi connectivity index (χ1) is 11.7. The number of para-hydroxylation sites is 1. The molecule has 2 fully saturated rings. The summed E-state index contributed by atoms with van der Waals surface area (Å²) in [5.41, 5.74) is 0.860. The van der Waals surface area contributed by atoms with E-state index in [0.717, 1.165) is 24.2 Å². The largest absolute Gasteiger partial charge is 0.422 e. The maximum atomic E-state index is 13.1. The fraction of sp³-hybridized carbons (Fsp3) is 0.600. The van der Waals surface area contributed by atoms with Crippen molar-refractivity contribution in [1.82, 2.24) is 0 Å². The fourth-order valence-electron chi connectivity index (χ4n) is 5.06. The summed E-state index contributed by atoms with van der Waals surface area (Å²) in [6, 6.07) is 7.82. The van der Waals surface area contributed by atoms with Crippen LogP contribution in [0.3, 0.4) is 0 Å². The molecule has 0 amide bonds. The number of nitrogens with zero attached hydrogens (tertiary/aromatic N) is 1. The maximum absolute atomic E-state index is 13.1. The van der Waals surface area contributed by atoms with E-state index >= 15 is 0 Å². The molecular formula is C20H25NO4.